The first-order chi connectivity index (χ1) is 6.77. The molecule has 1 aromatic heterocycles. The lowest BCUT2D eigenvalue weighted by Crippen LogP contribution is -2.15. The van der Waals surface area contributed by atoms with E-state index < -0.39 is 0 Å². The first-order valence-electron chi connectivity index (χ1n) is 4.81. The minimum absolute atomic E-state index is 0.252. The summed E-state index contributed by atoms with van der Waals surface area (Å²) >= 11 is 5.71. The highest BCUT2D eigenvalue weighted by Crippen LogP contribution is 2.23. The Morgan fingerprint density at radius 1 is 1.64 bits per heavy atom. The van der Waals surface area contributed by atoms with Crippen LogP contribution in [0.4, 0.5) is 0 Å². The van der Waals surface area contributed by atoms with Crippen LogP contribution in [0.1, 0.15) is 31.1 Å². The Morgan fingerprint density at radius 3 is 2.93 bits per heavy atom. The quantitative estimate of drug-likeness (QED) is 0.578. The maximum absolute atomic E-state index is 5.71. The molecular weight excluding hydrogens is 198 g/mol. The Kier molecular flexibility index (Phi) is 4.77. The molecule has 1 aromatic rings. The van der Waals surface area contributed by atoms with E-state index in [0.29, 0.717) is 5.22 Å². The van der Waals surface area contributed by atoms with Gasteiger partial charge in [0, 0.05) is 0 Å². The minimum atomic E-state index is 0.252. The number of halogens is 1. The highest BCUT2D eigenvalue weighted by atomic mass is 35.5. The number of hydrogen-bond acceptors (Lipinski definition) is 2. The SMILES string of the molecule is C=CCCCC(NC)c1ccc(Cl)o1. The summed E-state index contributed by atoms with van der Waals surface area (Å²) < 4.78 is 5.34. The molecule has 1 rings (SSSR count). The van der Waals surface area contributed by atoms with Crippen molar-refractivity contribution in [1.82, 2.24) is 5.32 Å². The fourth-order valence-corrected chi connectivity index (χ4v) is 1.56. The van der Waals surface area contributed by atoms with E-state index in [9.17, 15) is 0 Å². The molecule has 2 nitrogen and oxygen atoms in total. The van der Waals surface area contributed by atoms with E-state index in [1.807, 2.05) is 19.2 Å². The van der Waals surface area contributed by atoms with Gasteiger partial charge in [-0.05, 0) is 50.0 Å². The van der Waals surface area contributed by atoms with Crippen LogP contribution < -0.4 is 5.32 Å². The van der Waals surface area contributed by atoms with E-state index in [4.69, 9.17) is 16.0 Å². The van der Waals surface area contributed by atoms with Crippen molar-refractivity contribution in [3.63, 3.8) is 0 Å². The second-order valence-electron chi connectivity index (χ2n) is 3.20. The molecule has 1 unspecified atom stereocenters. The molecule has 0 aliphatic carbocycles. The fourth-order valence-electron chi connectivity index (χ4n) is 1.41. The summed E-state index contributed by atoms with van der Waals surface area (Å²) in [5.74, 6) is 0.904. The Hall–Kier alpha value is -0.730. The summed E-state index contributed by atoms with van der Waals surface area (Å²) in [6.07, 6.45) is 5.11. The lowest BCUT2D eigenvalue weighted by Gasteiger charge is -2.12. The third kappa shape index (κ3) is 3.20. The molecule has 0 bridgehead atoms. The molecule has 1 heterocycles. The zero-order valence-corrected chi connectivity index (χ0v) is 9.18. The topological polar surface area (TPSA) is 25.2 Å². The van der Waals surface area contributed by atoms with Crippen LogP contribution in [0.5, 0.6) is 0 Å². The van der Waals surface area contributed by atoms with Gasteiger partial charge in [-0.15, -0.1) is 6.58 Å². The summed E-state index contributed by atoms with van der Waals surface area (Å²) in [4.78, 5) is 0. The summed E-state index contributed by atoms with van der Waals surface area (Å²) in [5, 5.41) is 3.65. The first-order valence-corrected chi connectivity index (χ1v) is 5.19. The summed E-state index contributed by atoms with van der Waals surface area (Å²) in [7, 11) is 1.93. The van der Waals surface area contributed by atoms with E-state index >= 15 is 0 Å². The van der Waals surface area contributed by atoms with Gasteiger partial charge in [0.05, 0.1) is 6.04 Å². The van der Waals surface area contributed by atoms with Gasteiger partial charge in [0.25, 0.3) is 0 Å². The molecule has 0 aliphatic heterocycles. The normalized spacial score (nSPS) is 12.7. The second kappa shape index (κ2) is 5.89. The zero-order valence-electron chi connectivity index (χ0n) is 8.42. The number of hydrogen-bond donors (Lipinski definition) is 1. The Labute approximate surface area is 89.9 Å². The van der Waals surface area contributed by atoms with Crippen molar-refractivity contribution in [3.8, 4) is 0 Å². The van der Waals surface area contributed by atoms with E-state index in [1.54, 1.807) is 6.07 Å². The van der Waals surface area contributed by atoms with Gasteiger partial charge in [-0.2, -0.15) is 0 Å². The van der Waals surface area contributed by atoms with Gasteiger partial charge in [-0.1, -0.05) is 6.08 Å². The van der Waals surface area contributed by atoms with Crippen molar-refractivity contribution in [2.75, 3.05) is 7.05 Å². The van der Waals surface area contributed by atoms with E-state index in [-0.39, 0.29) is 6.04 Å². The fraction of sp³-hybridized carbons (Fsp3) is 0.455. The number of rotatable bonds is 6. The predicted octanol–water partition coefficient (Wildman–Crippen LogP) is 3.55. The smallest absolute Gasteiger partial charge is 0.193 e. The van der Waals surface area contributed by atoms with Crippen LogP contribution in [-0.2, 0) is 0 Å². The predicted molar refractivity (Wildman–Crippen MR) is 59.6 cm³/mol. The molecule has 0 amide bonds. The molecule has 0 radical (unpaired) electrons. The van der Waals surface area contributed by atoms with Crippen molar-refractivity contribution < 1.29 is 4.42 Å². The van der Waals surface area contributed by atoms with Crippen LogP contribution >= 0.6 is 11.6 Å². The third-order valence-corrected chi connectivity index (χ3v) is 2.39. The lowest BCUT2D eigenvalue weighted by atomic mass is 10.1. The zero-order chi connectivity index (χ0) is 10.4. The van der Waals surface area contributed by atoms with Gasteiger partial charge in [0.2, 0.25) is 0 Å². The molecule has 14 heavy (non-hydrogen) atoms. The van der Waals surface area contributed by atoms with Crippen LogP contribution in [0.15, 0.2) is 29.2 Å². The van der Waals surface area contributed by atoms with Crippen molar-refractivity contribution in [2.45, 2.75) is 25.3 Å². The van der Waals surface area contributed by atoms with Gasteiger partial charge in [-0.3, -0.25) is 0 Å². The molecule has 0 aliphatic rings. The molecule has 1 atom stereocenters. The van der Waals surface area contributed by atoms with Crippen molar-refractivity contribution in [2.24, 2.45) is 0 Å². The van der Waals surface area contributed by atoms with Crippen LogP contribution in [0.3, 0.4) is 0 Å². The standard InChI is InChI=1S/C11H16ClNO/c1-3-4-5-6-9(13-2)10-7-8-11(12)14-10/h3,7-9,13H,1,4-6H2,2H3. The van der Waals surface area contributed by atoms with Crippen LogP contribution in [0.25, 0.3) is 0 Å². The highest BCUT2D eigenvalue weighted by molar-refractivity contribution is 6.28. The maximum atomic E-state index is 5.71. The maximum Gasteiger partial charge on any atom is 0.193 e. The summed E-state index contributed by atoms with van der Waals surface area (Å²) in [6, 6.07) is 3.94. The first kappa shape index (κ1) is 11.3. The summed E-state index contributed by atoms with van der Waals surface area (Å²) in [5.41, 5.74) is 0. The Bertz CT molecular complexity index is 283. The van der Waals surface area contributed by atoms with Crippen LogP contribution in [0, 0.1) is 0 Å². The monoisotopic (exact) mass is 213 g/mol. The number of nitrogens with one attached hydrogen (secondary N) is 1. The second-order valence-corrected chi connectivity index (χ2v) is 3.58. The molecule has 0 fully saturated rings. The van der Waals surface area contributed by atoms with Crippen molar-refractivity contribution in [1.29, 1.82) is 0 Å². The Morgan fingerprint density at radius 2 is 2.43 bits per heavy atom. The van der Waals surface area contributed by atoms with Gasteiger partial charge in [-0.25, -0.2) is 0 Å². The lowest BCUT2D eigenvalue weighted by molar-refractivity contribution is 0.410. The van der Waals surface area contributed by atoms with Gasteiger partial charge in [0.15, 0.2) is 5.22 Å². The van der Waals surface area contributed by atoms with Crippen molar-refractivity contribution >= 4 is 11.6 Å². The molecule has 3 heteroatoms. The van der Waals surface area contributed by atoms with E-state index in [2.05, 4.69) is 11.9 Å². The summed E-state index contributed by atoms with van der Waals surface area (Å²) in [6.45, 7) is 3.70. The number of allylic oxidation sites excluding steroid dienone is 1. The van der Waals surface area contributed by atoms with Crippen LogP contribution in [0.2, 0.25) is 5.22 Å². The highest BCUT2D eigenvalue weighted by Gasteiger charge is 2.12. The van der Waals surface area contributed by atoms with E-state index in [1.165, 1.54) is 0 Å². The minimum Gasteiger partial charge on any atom is -0.448 e. The van der Waals surface area contributed by atoms with Crippen LogP contribution in [-0.4, -0.2) is 7.05 Å². The van der Waals surface area contributed by atoms with Crippen molar-refractivity contribution in [3.05, 3.63) is 35.8 Å². The average molecular weight is 214 g/mol. The molecule has 1 N–H and O–H groups in total. The van der Waals surface area contributed by atoms with Gasteiger partial charge >= 0.3 is 0 Å². The van der Waals surface area contributed by atoms with Gasteiger partial charge in [0.1, 0.15) is 5.76 Å². The number of unbranched alkanes of at least 4 members (excludes halogenated alkanes) is 1. The molecule has 0 saturated heterocycles. The molecule has 0 spiro atoms. The molecular formula is C11H16ClNO. The molecule has 78 valence electrons. The largest absolute Gasteiger partial charge is 0.448 e. The third-order valence-electron chi connectivity index (χ3n) is 2.19. The Balaban J connectivity index is 2.49. The molecule has 0 aromatic carbocycles. The average Bonchev–Trinajstić information content (AvgIpc) is 2.60. The molecule has 0 saturated carbocycles. The van der Waals surface area contributed by atoms with Gasteiger partial charge < -0.3 is 9.73 Å². The number of furan rings is 1. The van der Waals surface area contributed by atoms with E-state index in [0.717, 1.165) is 25.0 Å².